The molecule has 10 rings (SSSR count). The lowest BCUT2D eigenvalue weighted by Gasteiger charge is -2.47. The van der Waals surface area contributed by atoms with Crippen molar-refractivity contribution in [1.29, 1.82) is 0 Å². The van der Waals surface area contributed by atoms with Crippen molar-refractivity contribution < 1.29 is 0 Å². The van der Waals surface area contributed by atoms with Crippen LogP contribution in [-0.2, 0) is 27.1 Å². The highest BCUT2D eigenvalue weighted by atomic mass is 14.5. The maximum absolute atomic E-state index is 2.71. The number of fused-ring (bicyclic) bond motifs is 6. The van der Waals surface area contributed by atoms with E-state index in [4.69, 9.17) is 0 Å². The van der Waals surface area contributed by atoms with Crippen LogP contribution in [0, 0.1) is 6.92 Å². The van der Waals surface area contributed by atoms with Gasteiger partial charge in [0.05, 0.1) is 0 Å². The van der Waals surface area contributed by atoms with Gasteiger partial charge in [0.25, 0.3) is 0 Å². The first-order valence-electron chi connectivity index (χ1n) is 23.9. The minimum atomic E-state index is -0.175. The van der Waals surface area contributed by atoms with E-state index in [0.29, 0.717) is 0 Å². The molecule has 0 N–H and O–H groups in total. The van der Waals surface area contributed by atoms with Crippen molar-refractivity contribution >= 4 is 23.1 Å². The van der Waals surface area contributed by atoms with E-state index in [0.717, 1.165) is 0 Å². The standard InChI is InChI=1S/C63H67B/c1-38-32-48-56(40-24-26-41(27-25-40)59(2,3)4)45-31-29-43(61(8,9)10)35-54(45)64-55-37-53-52(62(11,12)50-22-18-19-23-51(50)63(53,13)14)36-47(55)57(49(33-38)58(48)64)44-30-28-42(60(5,6)7)34-46(44)39-20-16-15-17-21-39/h15-37,56-57H,1-14H3. The molecule has 7 aromatic carbocycles. The van der Waals surface area contributed by atoms with Crippen molar-refractivity contribution in [2.24, 2.45) is 0 Å². The SMILES string of the molecule is Cc1cc2c3c(c1)C(c1ccc(C(C)(C)C)cc1-c1ccccc1)c1cc4c(cc1B3c1cc(C(C)(C)C)ccc1C2c1ccc(C(C)(C)C)cc1)C(C)(C)c1ccccc1C4(C)C. The monoisotopic (exact) mass is 835 g/mol. The van der Waals surface area contributed by atoms with Gasteiger partial charge >= 0.3 is 0 Å². The first-order chi connectivity index (χ1) is 30.1. The van der Waals surface area contributed by atoms with E-state index in [2.05, 4.69) is 236 Å². The minimum absolute atomic E-state index is 0.000260. The normalized spacial score (nSPS) is 18.1. The molecule has 2 atom stereocenters. The highest BCUT2D eigenvalue weighted by Gasteiger charge is 2.49. The Kier molecular flexibility index (Phi) is 9.51. The highest BCUT2D eigenvalue weighted by Crippen LogP contribution is 2.52. The maximum atomic E-state index is 2.71. The average Bonchev–Trinajstić information content (AvgIpc) is 3.24. The van der Waals surface area contributed by atoms with Crippen molar-refractivity contribution in [1.82, 2.24) is 0 Å². The van der Waals surface area contributed by atoms with Gasteiger partial charge in [-0.3, -0.25) is 0 Å². The summed E-state index contributed by atoms with van der Waals surface area (Å²) in [5.41, 5.74) is 26.6. The summed E-state index contributed by atoms with van der Waals surface area (Å²) in [6.45, 7) is 33.4. The second kappa shape index (κ2) is 14.3. The summed E-state index contributed by atoms with van der Waals surface area (Å²) < 4.78 is 0. The van der Waals surface area contributed by atoms with Gasteiger partial charge < -0.3 is 0 Å². The van der Waals surface area contributed by atoms with Gasteiger partial charge in [-0.1, -0.05) is 251 Å². The lowest BCUT2D eigenvalue weighted by molar-refractivity contribution is 0.520. The summed E-state index contributed by atoms with van der Waals surface area (Å²) in [6.07, 6.45) is 0. The number of hydrogen-bond donors (Lipinski definition) is 0. The third kappa shape index (κ3) is 6.54. The van der Waals surface area contributed by atoms with Crippen LogP contribution in [0.2, 0.25) is 0 Å². The van der Waals surface area contributed by atoms with E-state index in [1.165, 1.54) is 105 Å². The first-order valence-corrected chi connectivity index (χ1v) is 23.9. The topological polar surface area (TPSA) is 0 Å². The molecule has 322 valence electrons. The summed E-state index contributed by atoms with van der Waals surface area (Å²) >= 11 is 0. The lowest BCUT2D eigenvalue weighted by Crippen LogP contribution is -2.63. The predicted octanol–water partition coefficient (Wildman–Crippen LogP) is 14.0. The van der Waals surface area contributed by atoms with Gasteiger partial charge in [0.1, 0.15) is 0 Å². The molecular formula is C63H67B. The largest absolute Gasteiger partial charge is 0.242 e. The fraction of sp³-hybridized carbons (Fsp3) is 0.333. The smallest absolute Gasteiger partial charge is 0.0642 e. The van der Waals surface area contributed by atoms with Crippen LogP contribution >= 0.6 is 0 Å². The molecule has 2 aliphatic heterocycles. The van der Waals surface area contributed by atoms with Gasteiger partial charge in [0.2, 0.25) is 6.71 Å². The number of rotatable bonds is 3. The van der Waals surface area contributed by atoms with E-state index < -0.39 is 0 Å². The summed E-state index contributed by atoms with van der Waals surface area (Å²) in [4.78, 5) is 0. The predicted molar refractivity (Wildman–Crippen MR) is 276 cm³/mol. The molecule has 0 fully saturated rings. The first kappa shape index (κ1) is 42.5. The molecule has 0 nitrogen and oxygen atoms in total. The Morgan fingerprint density at radius 3 is 1.47 bits per heavy atom. The third-order valence-corrected chi connectivity index (χ3v) is 15.8. The molecule has 0 spiro atoms. The zero-order valence-electron chi connectivity index (χ0n) is 41.0. The van der Waals surface area contributed by atoms with Gasteiger partial charge in [0, 0.05) is 22.7 Å². The zero-order valence-corrected chi connectivity index (χ0v) is 41.0. The molecule has 1 aliphatic carbocycles. The minimum Gasteiger partial charge on any atom is -0.0642 e. The van der Waals surface area contributed by atoms with Gasteiger partial charge in [0.15, 0.2) is 0 Å². The Morgan fingerprint density at radius 2 is 0.891 bits per heavy atom. The summed E-state index contributed by atoms with van der Waals surface area (Å²) in [7, 11) is 0. The number of aryl methyl sites for hydroxylation is 1. The van der Waals surface area contributed by atoms with Crippen LogP contribution in [0.25, 0.3) is 11.1 Å². The fourth-order valence-electron chi connectivity index (χ4n) is 12.1. The van der Waals surface area contributed by atoms with Crippen LogP contribution in [0.1, 0.15) is 180 Å². The van der Waals surface area contributed by atoms with E-state index in [-0.39, 0.29) is 45.6 Å². The maximum Gasteiger partial charge on any atom is 0.242 e. The summed E-state index contributed by atoms with van der Waals surface area (Å²) in [5, 5.41) is 0. The Balaban J connectivity index is 1.35. The van der Waals surface area contributed by atoms with Crippen LogP contribution in [-0.4, -0.2) is 6.71 Å². The molecule has 0 saturated heterocycles. The van der Waals surface area contributed by atoms with Gasteiger partial charge in [-0.2, -0.15) is 0 Å². The molecule has 0 amide bonds. The van der Waals surface area contributed by atoms with Gasteiger partial charge in [-0.25, -0.2) is 0 Å². The molecule has 64 heavy (non-hydrogen) atoms. The molecule has 0 saturated carbocycles. The highest BCUT2D eigenvalue weighted by molar-refractivity contribution is 6.97. The second-order valence-electron chi connectivity index (χ2n) is 23.9. The van der Waals surface area contributed by atoms with Crippen LogP contribution in [0.4, 0.5) is 0 Å². The van der Waals surface area contributed by atoms with Crippen molar-refractivity contribution in [3.05, 3.63) is 217 Å². The van der Waals surface area contributed by atoms with Crippen molar-refractivity contribution in [3.8, 4) is 11.1 Å². The molecule has 0 aromatic heterocycles. The van der Waals surface area contributed by atoms with Crippen molar-refractivity contribution in [2.45, 2.75) is 136 Å². The van der Waals surface area contributed by atoms with Gasteiger partial charge in [-0.05, 0) is 107 Å². The van der Waals surface area contributed by atoms with E-state index in [1.807, 2.05) is 0 Å². The summed E-state index contributed by atoms with van der Waals surface area (Å²) in [6, 6.07) is 55.7. The Labute approximate surface area is 385 Å². The zero-order chi connectivity index (χ0) is 45.5. The van der Waals surface area contributed by atoms with Crippen LogP contribution in [0.5, 0.6) is 0 Å². The quantitative estimate of drug-likeness (QED) is 0.156. The molecular weight excluding hydrogens is 768 g/mol. The van der Waals surface area contributed by atoms with E-state index >= 15 is 0 Å². The third-order valence-electron chi connectivity index (χ3n) is 15.8. The molecule has 3 aliphatic rings. The van der Waals surface area contributed by atoms with Gasteiger partial charge in [-0.15, -0.1) is 0 Å². The van der Waals surface area contributed by atoms with Crippen LogP contribution in [0.15, 0.2) is 140 Å². The number of benzene rings is 7. The molecule has 0 radical (unpaired) electrons. The lowest BCUT2D eigenvalue weighted by atomic mass is 9.28. The molecule has 1 heteroatoms. The number of hydrogen-bond acceptors (Lipinski definition) is 0. The second-order valence-corrected chi connectivity index (χ2v) is 23.9. The fourth-order valence-corrected chi connectivity index (χ4v) is 12.1. The van der Waals surface area contributed by atoms with Crippen LogP contribution in [0.3, 0.4) is 0 Å². The average molecular weight is 835 g/mol. The van der Waals surface area contributed by atoms with E-state index in [9.17, 15) is 0 Å². The summed E-state index contributed by atoms with van der Waals surface area (Å²) in [5.74, 6) is 0.142. The van der Waals surface area contributed by atoms with Crippen molar-refractivity contribution in [3.63, 3.8) is 0 Å². The Morgan fingerprint density at radius 1 is 0.406 bits per heavy atom. The van der Waals surface area contributed by atoms with E-state index in [1.54, 1.807) is 0 Å². The molecule has 0 bridgehead atoms. The Bertz CT molecular complexity index is 2990. The molecule has 7 aromatic rings. The van der Waals surface area contributed by atoms with Crippen molar-refractivity contribution in [2.75, 3.05) is 0 Å². The Hall–Kier alpha value is -5.40. The molecule has 2 unspecified atom stereocenters. The molecule has 2 heterocycles. The van der Waals surface area contributed by atoms with Crippen LogP contribution < -0.4 is 16.4 Å².